The highest BCUT2D eigenvalue weighted by Crippen LogP contribution is 2.30. The second-order valence-corrected chi connectivity index (χ2v) is 5.79. The van der Waals surface area contributed by atoms with Gasteiger partial charge in [0.05, 0.1) is 19.6 Å². The predicted octanol–water partition coefficient (Wildman–Crippen LogP) is 0.0114. The van der Waals surface area contributed by atoms with Crippen LogP contribution in [0.4, 0.5) is 0 Å². The maximum absolute atomic E-state index is 12.0. The van der Waals surface area contributed by atoms with Crippen LogP contribution in [-0.2, 0) is 4.79 Å². The van der Waals surface area contributed by atoms with Crippen LogP contribution in [0.25, 0.3) is 0 Å². The SMILES string of the molecule is O=C(C[NH+]1CCCCC1)NC[C@@H]1COc2ccccc2O1. The Labute approximate surface area is 125 Å². The standard InChI is InChI=1S/C16H22N2O3/c19-16(11-18-8-4-1-5-9-18)17-10-13-12-20-14-6-2-3-7-15(14)21-13/h2-3,6-7,13H,1,4-5,8-12H2,(H,17,19)/p+1/t13-/m1/s1. The van der Waals surface area contributed by atoms with Crippen molar-refractivity contribution in [1.82, 2.24) is 5.32 Å². The van der Waals surface area contributed by atoms with Gasteiger partial charge in [-0.15, -0.1) is 0 Å². The molecule has 1 aromatic rings. The zero-order chi connectivity index (χ0) is 14.5. The number of para-hydroxylation sites is 2. The summed E-state index contributed by atoms with van der Waals surface area (Å²) in [5.41, 5.74) is 0. The van der Waals surface area contributed by atoms with Crippen molar-refractivity contribution in [2.75, 3.05) is 32.8 Å². The van der Waals surface area contributed by atoms with Crippen LogP contribution < -0.4 is 19.7 Å². The van der Waals surface area contributed by atoms with Crippen molar-refractivity contribution >= 4 is 5.91 Å². The van der Waals surface area contributed by atoms with Crippen molar-refractivity contribution in [3.8, 4) is 11.5 Å². The quantitative estimate of drug-likeness (QED) is 0.822. The van der Waals surface area contributed by atoms with Crippen LogP contribution in [0.1, 0.15) is 19.3 Å². The Morgan fingerprint density at radius 1 is 1.19 bits per heavy atom. The van der Waals surface area contributed by atoms with Gasteiger partial charge in [0.25, 0.3) is 5.91 Å². The highest BCUT2D eigenvalue weighted by atomic mass is 16.6. The van der Waals surface area contributed by atoms with Gasteiger partial charge in [-0.25, -0.2) is 0 Å². The van der Waals surface area contributed by atoms with E-state index in [9.17, 15) is 4.79 Å². The van der Waals surface area contributed by atoms with Crippen molar-refractivity contribution in [2.45, 2.75) is 25.4 Å². The van der Waals surface area contributed by atoms with Crippen LogP contribution in [0.3, 0.4) is 0 Å². The molecule has 114 valence electrons. The minimum Gasteiger partial charge on any atom is -0.486 e. The number of likely N-dealkylation sites (tertiary alicyclic amines) is 1. The second kappa shape index (κ2) is 6.80. The normalized spacial score (nSPS) is 21.8. The van der Waals surface area contributed by atoms with Gasteiger partial charge in [-0.2, -0.15) is 0 Å². The average molecular weight is 291 g/mol. The number of carbonyl (C=O) groups excluding carboxylic acids is 1. The number of piperidine rings is 1. The molecule has 5 heteroatoms. The van der Waals surface area contributed by atoms with E-state index in [1.54, 1.807) is 0 Å². The first kappa shape index (κ1) is 14.2. The van der Waals surface area contributed by atoms with Crippen LogP contribution in [-0.4, -0.2) is 44.8 Å². The summed E-state index contributed by atoms with van der Waals surface area (Å²) >= 11 is 0. The summed E-state index contributed by atoms with van der Waals surface area (Å²) in [6.45, 7) is 3.78. The molecule has 0 bridgehead atoms. The van der Waals surface area contributed by atoms with Gasteiger partial charge in [0, 0.05) is 0 Å². The van der Waals surface area contributed by atoms with E-state index in [1.165, 1.54) is 24.2 Å². The van der Waals surface area contributed by atoms with Gasteiger partial charge in [-0.1, -0.05) is 12.1 Å². The molecule has 2 aliphatic rings. The van der Waals surface area contributed by atoms with E-state index in [4.69, 9.17) is 9.47 Å². The molecule has 2 N–H and O–H groups in total. The lowest BCUT2D eigenvalue weighted by Gasteiger charge is -2.27. The maximum atomic E-state index is 12.0. The smallest absolute Gasteiger partial charge is 0.275 e. The number of amides is 1. The number of rotatable bonds is 4. The Kier molecular flexibility index (Phi) is 4.60. The van der Waals surface area contributed by atoms with Crippen molar-refractivity contribution in [1.29, 1.82) is 0 Å². The minimum atomic E-state index is -0.111. The Morgan fingerprint density at radius 2 is 1.95 bits per heavy atom. The molecule has 2 heterocycles. The molecule has 0 aliphatic carbocycles. The maximum Gasteiger partial charge on any atom is 0.275 e. The van der Waals surface area contributed by atoms with E-state index in [-0.39, 0.29) is 12.0 Å². The lowest BCUT2D eigenvalue weighted by molar-refractivity contribution is -0.896. The number of fused-ring (bicyclic) bond motifs is 1. The van der Waals surface area contributed by atoms with Gasteiger partial charge in [0.15, 0.2) is 18.0 Å². The molecule has 3 rings (SSSR count). The molecule has 5 nitrogen and oxygen atoms in total. The molecular formula is C16H23N2O3+. The lowest BCUT2D eigenvalue weighted by atomic mass is 10.1. The molecule has 1 atom stereocenters. The van der Waals surface area contributed by atoms with E-state index in [0.29, 0.717) is 19.7 Å². The number of quaternary nitrogens is 1. The van der Waals surface area contributed by atoms with Crippen molar-refractivity contribution in [2.24, 2.45) is 0 Å². The number of carbonyl (C=O) groups is 1. The van der Waals surface area contributed by atoms with Gasteiger partial charge in [0.2, 0.25) is 0 Å². The van der Waals surface area contributed by atoms with Crippen molar-refractivity contribution in [3.63, 3.8) is 0 Å². The van der Waals surface area contributed by atoms with Crippen LogP contribution in [0.15, 0.2) is 24.3 Å². The van der Waals surface area contributed by atoms with E-state index in [1.807, 2.05) is 24.3 Å². The van der Waals surface area contributed by atoms with E-state index < -0.39 is 0 Å². The fourth-order valence-electron chi connectivity index (χ4n) is 2.91. The summed E-state index contributed by atoms with van der Waals surface area (Å²) in [5.74, 6) is 1.64. The molecule has 2 aliphatic heterocycles. The zero-order valence-corrected chi connectivity index (χ0v) is 12.3. The average Bonchev–Trinajstić information content (AvgIpc) is 2.54. The van der Waals surface area contributed by atoms with E-state index >= 15 is 0 Å². The first-order valence-electron chi connectivity index (χ1n) is 7.80. The fourth-order valence-corrected chi connectivity index (χ4v) is 2.91. The largest absolute Gasteiger partial charge is 0.486 e. The Hall–Kier alpha value is -1.75. The first-order valence-corrected chi connectivity index (χ1v) is 7.80. The number of hydrogen-bond acceptors (Lipinski definition) is 3. The topological polar surface area (TPSA) is 52.0 Å². The number of ether oxygens (including phenoxy) is 2. The summed E-state index contributed by atoms with van der Waals surface area (Å²) < 4.78 is 11.5. The molecule has 0 aromatic heterocycles. The Morgan fingerprint density at radius 3 is 2.76 bits per heavy atom. The molecular weight excluding hydrogens is 268 g/mol. The van der Waals surface area contributed by atoms with Crippen LogP contribution in [0.2, 0.25) is 0 Å². The molecule has 1 aromatic carbocycles. The number of hydrogen-bond donors (Lipinski definition) is 2. The molecule has 1 saturated heterocycles. The van der Waals surface area contributed by atoms with Crippen LogP contribution in [0.5, 0.6) is 11.5 Å². The molecule has 1 amide bonds. The van der Waals surface area contributed by atoms with Gasteiger partial charge in [-0.05, 0) is 31.4 Å². The summed E-state index contributed by atoms with van der Waals surface area (Å²) in [6, 6.07) is 7.62. The van der Waals surface area contributed by atoms with E-state index in [0.717, 1.165) is 24.6 Å². The Balaban J connectivity index is 1.42. The fraction of sp³-hybridized carbons (Fsp3) is 0.562. The number of benzene rings is 1. The molecule has 0 radical (unpaired) electrons. The summed E-state index contributed by atoms with van der Waals surface area (Å²) in [5, 5.41) is 2.97. The zero-order valence-electron chi connectivity index (χ0n) is 12.3. The third-order valence-electron chi connectivity index (χ3n) is 4.07. The van der Waals surface area contributed by atoms with Crippen LogP contribution in [0, 0.1) is 0 Å². The molecule has 1 fully saturated rings. The highest BCUT2D eigenvalue weighted by Gasteiger charge is 2.22. The highest BCUT2D eigenvalue weighted by molar-refractivity contribution is 5.76. The third kappa shape index (κ3) is 3.88. The monoisotopic (exact) mass is 291 g/mol. The molecule has 0 saturated carbocycles. The van der Waals surface area contributed by atoms with Crippen LogP contribution >= 0.6 is 0 Å². The minimum absolute atomic E-state index is 0.106. The summed E-state index contributed by atoms with van der Waals surface area (Å²) in [7, 11) is 0. The molecule has 0 unspecified atom stereocenters. The summed E-state index contributed by atoms with van der Waals surface area (Å²) in [6.07, 6.45) is 3.66. The van der Waals surface area contributed by atoms with Gasteiger partial charge >= 0.3 is 0 Å². The molecule has 21 heavy (non-hydrogen) atoms. The van der Waals surface area contributed by atoms with Crippen molar-refractivity contribution < 1.29 is 19.2 Å². The predicted molar refractivity (Wildman–Crippen MR) is 78.8 cm³/mol. The summed E-state index contributed by atoms with van der Waals surface area (Å²) in [4.78, 5) is 13.4. The second-order valence-electron chi connectivity index (χ2n) is 5.79. The van der Waals surface area contributed by atoms with Crippen molar-refractivity contribution in [3.05, 3.63) is 24.3 Å². The van der Waals surface area contributed by atoms with Gasteiger partial charge in [0.1, 0.15) is 12.7 Å². The Bertz CT molecular complexity index is 486. The van der Waals surface area contributed by atoms with Gasteiger partial charge < -0.3 is 19.7 Å². The van der Waals surface area contributed by atoms with E-state index in [2.05, 4.69) is 5.32 Å². The van der Waals surface area contributed by atoms with Gasteiger partial charge in [-0.3, -0.25) is 4.79 Å². The first-order chi connectivity index (χ1) is 10.3. The number of nitrogens with one attached hydrogen (secondary N) is 2. The lowest BCUT2D eigenvalue weighted by Crippen LogP contribution is -3.13. The third-order valence-corrected chi connectivity index (χ3v) is 4.07. The molecule has 0 spiro atoms.